The number of benzene rings is 1. The number of hydrogen-bond acceptors (Lipinski definition) is 1. The number of rotatable bonds is 0. The molecule has 0 saturated heterocycles. The second kappa shape index (κ2) is 2.54. The molecule has 0 aliphatic heterocycles. The fraction of sp³-hybridized carbons (Fsp3) is 0. The second-order valence-electron chi connectivity index (χ2n) is 2.22. The van der Waals surface area contributed by atoms with Crippen LogP contribution in [0.5, 0.6) is 0 Å². The lowest BCUT2D eigenvalue weighted by Gasteiger charge is -1.93. The van der Waals surface area contributed by atoms with Crippen LogP contribution in [0.2, 0.25) is 5.02 Å². The molecule has 0 amide bonds. The summed E-state index contributed by atoms with van der Waals surface area (Å²) >= 11 is 9.17. The van der Waals surface area contributed by atoms with Crippen molar-refractivity contribution in [3.63, 3.8) is 0 Å². The van der Waals surface area contributed by atoms with E-state index in [9.17, 15) is 0 Å². The van der Waals surface area contributed by atoms with Crippen LogP contribution in [-0.4, -0.2) is 0 Å². The van der Waals surface area contributed by atoms with E-state index in [2.05, 4.69) is 15.9 Å². The first-order valence-corrected chi connectivity index (χ1v) is 4.27. The molecule has 11 heavy (non-hydrogen) atoms. The molecule has 0 aliphatic carbocycles. The van der Waals surface area contributed by atoms with E-state index in [1.54, 1.807) is 12.3 Å². The van der Waals surface area contributed by atoms with Crippen LogP contribution in [0.25, 0.3) is 11.0 Å². The molecule has 0 fully saturated rings. The van der Waals surface area contributed by atoms with Crippen molar-refractivity contribution in [2.75, 3.05) is 0 Å². The van der Waals surface area contributed by atoms with Crippen LogP contribution in [-0.2, 0) is 0 Å². The summed E-state index contributed by atoms with van der Waals surface area (Å²) in [6.07, 6.45) is 1.65. The minimum absolute atomic E-state index is 0.674. The van der Waals surface area contributed by atoms with Crippen LogP contribution in [0.1, 0.15) is 0 Å². The number of furan rings is 1. The maximum atomic E-state index is 5.84. The SMILES string of the molecule is Clc1cc2occc2cc1Br. The van der Waals surface area contributed by atoms with E-state index in [0.717, 1.165) is 15.4 Å². The molecule has 2 aromatic rings. The first-order chi connectivity index (χ1) is 5.27. The third kappa shape index (κ3) is 1.17. The van der Waals surface area contributed by atoms with Crippen LogP contribution < -0.4 is 0 Å². The molecular formula is C8H4BrClO. The summed E-state index contributed by atoms with van der Waals surface area (Å²) in [4.78, 5) is 0. The van der Waals surface area contributed by atoms with Crippen molar-refractivity contribution >= 4 is 38.5 Å². The number of halogens is 2. The van der Waals surface area contributed by atoms with E-state index in [0.29, 0.717) is 5.02 Å². The zero-order valence-electron chi connectivity index (χ0n) is 5.47. The highest BCUT2D eigenvalue weighted by molar-refractivity contribution is 9.10. The predicted octanol–water partition coefficient (Wildman–Crippen LogP) is 3.85. The molecule has 0 saturated carbocycles. The van der Waals surface area contributed by atoms with E-state index >= 15 is 0 Å². The molecule has 0 unspecified atom stereocenters. The largest absolute Gasteiger partial charge is 0.464 e. The molecule has 1 aromatic carbocycles. The zero-order valence-corrected chi connectivity index (χ0v) is 7.82. The van der Waals surface area contributed by atoms with Gasteiger partial charge in [0.15, 0.2) is 0 Å². The Morgan fingerprint density at radius 1 is 1.36 bits per heavy atom. The van der Waals surface area contributed by atoms with Crippen LogP contribution in [0.3, 0.4) is 0 Å². The monoisotopic (exact) mass is 230 g/mol. The first kappa shape index (κ1) is 7.19. The van der Waals surface area contributed by atoms with E-state index in [4.69, 9.17) is 16.0 Å². The molecule has 1 aromatic heterocycles. The lowest BCUT2D eigenvalue weighted by Crippen LogP contribution is -1.68. The smallest absolute Gasteiger partial charge is 0.135 e. The standard InChI is InChI=1S/C8H4BrClO/c9-6-3-5-1-2-11-8(5)4-7(6)10/h1-4H. The fourth-order valence-corrected chi connectivity index (χ4v) is 1.47. The molecule has 0 radical (unpaired) electrons. The lowest BCUT2D eigenvalue weighted by atomic mass is 10.3. The van der Waals surface area contributed by atoms with Gasteiger partial charge in [-0.3, -0.25) is 0 Å². The Kier molecular flexibility index (Phi) is 1.66. The molecule has 0 aliphatic rings. The fourth-order valence-electron chi connectivity index (χ4n) is 0.957. The Balaban J connectivity index is 2.86. The Morgan fingerprint density at radius 3 is 3.00 bits per heavy atom. The molecule has 2 rings (SSSR count). The molecule has 0 spiro atoms. The average molecular weight is 231 g/mol. The normalized spacial score (nSPS) is 10.7. The minimum atomic E-state index is 0.674. The van der Waals surface area contributed by atoms with E-state index in [1.165, 1.54) is 0 Å². The van der Waals surface area contributed by atoms with Crippen LogP contribution in [0, 0.1) is 0 Å². The van der Waals surface area contributed by atoms with Gasteiger partial charge in [-0.25, -0.2) is 0 Å². The Morgan fingerprint density at radius 2 is 2.18 bits per heavy atom. The molecule has 0 atom stereocenters. The lowest BCUT2D eigenvalue weighted by molar-refractivity contribution is 0.616. The van der Waals surface area contributed by atoms with E-state index in [1.807, 2.05) is 12.1 Å². The maximum Gasteiger partial charge on any atom is 0.135 e. The minimum Gasteiger partial charge on any atom is -0.464 e. The van der Waals surface area contributed by atoms with Gasteiger partial charge in [-0.2, -0.15) is 0 Å². The predicted molar refractivity (Wildman–Crippen MR) is 48.9 cm³/mol. The summed E-state index contributed by atoms with van der Waals surface area (Å²) in [5.41, 5.74) is 0.818. The molecule has 56 valence electrons. The van der Waals surface area contributed by atoms with E-state index in [-0.39, 0.29) is 0 Å². The number of fused-ring (bicyclic) bond motifs is 1. The number of hydrogen-bond donors (Lipinski definition) is 0. The molecular weight excluding hydrogens is 227 g/mol. The van der Waals surface area contributed by atoms with E-state index < -0.39 is 0 Å². The van der Waals surface area contributed by atoms with Crippen molar-refractivity contribution in [1.29, 1.82) is 0 Å². The average Bonchev–Trinajstić information content (AvgIpc) is 2.36. The van der Waals surface area contributed by atoms with Gasteiger partial charge in [0.2, 0.25) is 0 Å². The highest BCUT2D eigenvalue weighted by Gasteiger charge is 2.01. The molecule has 0 N–H and O–H groups in total. The van der Waals surface area contributed by atoms with Crippen molar-refractivity contribution in [3.05, 3.63) is 34.0 Å². The topological polar surface area (TPSA) is 13.1 Å². The van der Waals surface area contributed by atoms with Gasteiger partial charge in [0.1, 0.15) is 5.58 Å². The third-order valence-electron chi connectivity index (χ3n) is 1.50. The Hall–Kier alpha value is -0.470. The first-order valence-electron chi connectivity index (χ1n) is 3.09. The highest BCUT2D eigenvalue weighted by atomic mass is 79.9. The van der Waals surface area contributed by atoms with Crippen molar-refractivity contribution in [1.82, 2.24) is 0 Å². The van der Waals surface area contributed by atoms with Gasteiger partial charge in [0.25, 0.3) is 0 Å². The maximum absolute atomic E-state index is 5.84. The zero-order chi connectivity index (χ0) is 7.84. The summed E-state index contributed by atoms with van der Waals surface area (Å²) in [5, 5.41) is 1.73. The molecule has 3 heteroatoms. The second-order valence-corrected chi connectivity index (χ2v) is 3.49. The summed E-state index contributed by atoms with van der Waals surface area (Å²) < 4.78 is 6.04. The molecule has 1 heterocycles. The van der Waals surface area contributed by atoms with Crippen molar-refractivity contribution in [2.45, 2.75) is 0 Å². The van der Waals surface area contributed by atoms with Crippen molar-refractivity contribution in [2.24, 2.45) is 0 Å². The van der Waals surface area contributed by atoms with Gasteiger partial charge >= 0.3 is 0 Å². The van der Waals surface area contributed by atoms with Crippen LogP contribution in [0.4, 0.5) is 0 Å². The summed E-state index contributed by atoms with van der Waals surface area (Å²) in [6, 6.07) is 5.62. The highest BCUT2D eigenvalue weighted by Crippen LogP contribution is 2.28. The quantitative estimate of drug-likeness (QED) is 0.671. The van der Waals surface area contributed by atoms with Crippen molar-refractivity contribution in [3.8, 4) is 0 Å². The Bertz CT molecular complexity index is 358. The van der Waals surface area contributed by atoms with Crippen LogP contribution in [0.15, 0.2) is 33.4 Å². The molecule has 0 bridgehead atoms. The van der Waals surface area contributed by atoms with Gasteiger partial charge in [0.05, 0.1) is 11.3 Å². The summed E-state index contributed by atoms with van der Waals surface area (Å²) in [6.45, 7) is 0. The van der Waals surface area contributed by atoms with Crippen LogP contribution >= 0.6 is 27.5 Å². The summed E-state index contributed by atoms with van der Waals surface area (Å²) in [5.74, 6) is 0. The Labute approximate surface area is 77.1 Å². The van der Waals surface area contributed by atoms with Gasteiger partial charge in [-0.05, 0) is 28.1 Å². The van der Waals surface area contributed by atoms with Gasteiger partial charge in [-0.15, -0.1) is 0 Å². The third-order valence-corrected chi connectivity index (χ3v) is 2.69. The van der Waals surface area contributed by atoms with Gasteiger partial charge in [0, 0.05) is 15.9 Å². The van der Waals surface area contributed by atoms with Gasteiger partial charge in [-0.1, -0.05) is 11.6 Å². The molecule has 1 nitrogen and oxygen atoms in total. The van der Waals surface area contributed by atoms with Gasteiger partial charge < -0.3 is 4.42 Å². The summed E-state index contributed by atoms with van der Waals surface area (Å²) in [7, 11) is 0. The van der Waals surface area contributed by atoms with Crippen molar-refractivity contribution < 1.29 is 4.42 Å².